The fraction of sp³-hybridized carbons (Fsp3) is 0.467. The van der Waals surface area contributed by atoms with Gasteiger partial charge in [0.05, 0.1) is 7.11 Å². The number of methoxy groups -OCH3 is 1. The molecular formula is C15H22O2. The van der Waals surface area contributed by atoms with E-state index in [4.69, 9.17) is 9.84 Å². The molecule has 0 amide bonds. The monoisotopic (exact) mass is 234 g/mol. The number of unbranched alkanes of at least 4 members (excludes halogenated alkanes) is 3. The normalized spacial score (nSPS) is 11.0. The second-order valence-electron chi connectivity index (χ2n) is 4.22. The quantitative estimate of drug-likeness (QED) is 0.731. The molecule has 0 saturated heterocycles. The third kappa shape index (κ3) is 5.05. The van der Waals surface area contributed by atoms with Gasteiger partial charge in [0.25, 0.3) is 0 Å². The molecule has 0 aliphatic heterocycles. The number of allylic oxidation sites excluding steroid dienone is 1. The Bertz CT molecular complexity index is 356. The molecule has 0 aromatic heterocycles. The summed E-state index contributed by atoms with van der Waals surface area (Å²) >= 11 is 0. The molecule has 0 radical (unpaired) electrons. The van der Waals surface area contributed by atoms with E-state index < -0.39 is 0 Å². The van der Waals surface area contributed by atoms with Gasteiger partial charge in [-0.3, -0.25) is 0 Å². The molecule has 0 fully saturated rings. The second-order valence-corrected chi connectivity index (χ2v) is 4.22. The van der Waals surface area contributed by atoms with Gasteiger partial charge in [-0.1, -0.05) is 30.2 Å². The van der Waals surface area contributed by atoms with Gasteiger partial charge in [-0.15, -0.1) is 0 Å². The lowest BCUT2D eigenvalue weighted by atomic mass is 10.1. The average molecular weight is 234 g/mol. The number of aliphatic hydroxyl groups is 1. The van der Waals surface area contributed by atoms with Crippen molar-refractivity contribution in [1.29, 1.82) is 0 Å². The molecule has 1 N–H and O–H groups in total. The maximum absolute atomic E-state index is 8.67. The Morgan fingerprint density at radius 2 is 2.06 bits per heavy atom. The Balaban J connectivity index is 2.49. The van der Waals surface area contributed by atoms with Crippen molar-refractivity contribution in [2.75, 3.05) is 13.7 Å². The zero-order valence-corrected chi connectivity index (χ0v) is 10.8. The highest BCUT2D eigenvalue weighted by atomic mass is 16.5. The zero-order chi connectivity index (χ0) is 12.5. The van der Waals surface area contributed by atoms with Crippen LogP contribution < -0.4 is 4.74 Å². The van der Waals surface area contributed by atoms with Crippen LogP contribution in [0.5, 0.6) is 5.75 Å². The number of hydrogen-bond acceptors (Lipinski definition) is 2. The molecule has 2 heteroatoms. The van der Waals surface area contributed by atoms with Crippen LogP contribution in [-0.4, -0.2) is 18.8 Å². The highest BCUT2D eigenvalue weighted by Crippen LogP contribution is 2.21. The minimum absolute atomic E-state index is 0.301. The van der Waals surface area contributed by atoms with Gasteiger partial charge in [0, 0.05) is 12.2 Å². The van der Waals surface area contributed by atoms with Crippen molar-refractivity contribution in [2.24, 2.45) is 0 Å². The highest BCUT2D eigenvalue weighted by molar-refractivity contribution is 5.58. The largest absolute Gasteiger partial charge is 0.496 e. The molecule has 1 aromatic rings. The lowest BCUT2D eigenvalue weighted by Crippen LogP contribution is -1.87. The Labute approximate surface area is 104 Å². The molecular weight excluding hydrogens is 212 g/mol. The van der Waals surface area contributed by atoms with Gasteiger partial charge in [0.1, 0.15) is 5.75 Å². The van der Waals surface area contributed by atoms with E-state index in [2.05, 4.69) is 31.2 Å². The molecule has 0 spiro atoms. The molecule has 0 aliphatic carbocycles. The first-order chi connectivity index (χ1) is 8.27. The van der Waals surface area contributed by atoms with E-state index in [1.807, 2.05) is 6.07 Å². The molecule has 0 bridgehead atoms. The predicted octanol–water partition coefficient (Wildman–Crippen LogP) is 3.57. The molecule has 1 rings (SSSR count). The molecule has 0 unspecified atom stereocenters. The van der Waals surface area contributed by atoms with Gasteiger partial charge < -0.3 is 9.84 Å². The van der Waals surface area contributed by atoms with Crippen LogP contribution in [0.3, 0.4) is 0 Å². The number of aliphatic hydroxyl groups excluding tert-OH is 1. The summed E-state index contributed by atoms with van der Waals surface area (Å²) in [5, 5.41) is 8.67. The molecule has 1 aromatic carbocycles. The van der Waals surface area contributed by atoms with Crippen molar-refractivity contribution in [2.45, 2.75) is 32.6 Å². The zero-order valence-electron chi connectivity index (χ0n) is 10.8. The van der Waals surface area contributed by atoms with Crippen molar-refractivity contribution in [3.8, 4) is 5.75 Å². The topological polar surface area (TPSA) is 29.5 Å². The maximum atomic E-state index is 8.67. The lowest BCUT2D eigenvalue weighted by Gasteiger charge is -2.05. The van der Waals surface area contributed by atoms with E-state index in [1.54, 1.807) is 7.11 Å². The van der Waals surface area contributed by atoms with E-state index in [9.17, 15) is 0 Å². The van der Waals surface area contributed by atoms with Crippen LogP contribution in [0.25, 0.3) is 6.08 Å². The van der Waals surface area contributed by atoms with Gasteiger partial charge in [-0.05, 0) is 38.3 Å². The lowest BCUT2D eigenvalue weighted by molar-refractivity contribution is 0.283. The first kappa shape index (κ1) is 13.8. The third-order valence-electron chi connectivity index (χ3n) is 2.71. The van der Waals surface area contributed by atoms with Gasteiger partial charge >= 0.3 is 0 Å². The van der Waals surface area contributed by atoms with E-state index in [1.165, 1.54) is 5.56 Å². The number of hydrogen-bond donors (Lipinski definition) is 1. The average Bonchev–Trinajstić information content (AvgIpc) is 2.34. The predicted molar refractivity (Wildman–Crippen MR) is 72.3 cm³/mol. The molecule has 2 nitrogen and oxygen atoms in total. The van der Waals surface area contributed by atoms with Crippen molar-refractivity contribution in [3.63, 3.8) is 0 Å². The van der Waals surface area contributed by atoms with Crippen LogP contribution in [0, 0.1) is 6.92 Å². The first-order valence-corrected chi connectivity index (χ1v) is 6.20. The van der Waals surface area contributed by atoms with Gasteiger partial charge in [-0.2, -0.15) is 0 Å². The summed E-state index contributed by atoms with van der Waals surface area (Å²) in [4.78, 5) is 0. The maximum Gasteiger partial charge on any atom is 0.126 e. The van der Waals surface area contributed by atoms with E-state index in [-0.39, 0.29) is 0 Å². The summed E-state index contributed by atoms with van der Waals surface area (Å²) in [5.41, 5.74) is 2.38. The third-order valence-corrected chi connectivity index (χ3v) is 2.71. The van der Waals surface area contributed by atoms with E-state index >= 15 is 0 Å². The van der Waals surface area contributed by atoms with Crippen molar-refractivity contribution >= 4 is 6.08 Å². The SMILES string of the molecule is COc1ccc(C)cc1/C=C/CCCCCO. The standard InChI is InChI=1S/C15H22O2/c1-13-9-10-15(17-2)14(12-13)8-6-4-3-5-7-11-16/h6,8-10,12,16H,3-5,7,11H2,1-2H3/b8-6+. The summed E-state index contributed by atoms with van der Waals surface area (Å²) in [6.07, 6.45) is 8.47. The van der Waals surface area contributed by atoms with Crippen LogP contribution >= 0.6 is 0 Å². The van der Waals surface area contributed by atoms with Crippen molar-refractivity contribution in [3.05, 3.63) is 35.4 Å². The first-order valence-electron chi connectivity index (χ1n) is 6.20. The fourth-order valence-corrected chi connectivity index (χ4v) is 1.75. The van der Waals surface area contributed by atoms with Crippen LogP contribution in [0.1, 0.15) is 36.8 Å². The number of aryl methyl sites for hydroxylation is 1. The molecule has 0 saturated carbocycles. The minimum atomic E-state index is 0.301. The van der Waals surface area contributed by atoms with E-state index in [0.29, 0.717) is 6.61 Å². The fourth-order valence-electron chi connectivity index (χ4n) is 1.75. The Morgan fingerprint density at radius 3 is 2.76 bits per heavy atom. The number of rotatable bonds is 7. The van der Waals surface area contributed by atoms with Crippen molar-refractivity contribution < 1.29 is 9.84 Å². The summed E-state index contributed by atoms with van der Waals surface area (Å²) in [5.74, 6) is 0.919. The summed E-state index contributed by atoms with van der Waals surface area (Å²) in [7, 11) is 1.70. The van der Waals surface area contributed by atoms with Crippen LogP contribution in [0.15, 0.2) is 24.3 Å². The van der Waals surface area contributed by atoms with Crippen LogP contribution in [-0.2, 0) is 0 Å². The summed E-state index contributed by atoms with van der Waals surface area (Å²) in [6.45, 7) is 2.38. The molecule has 94 valence electrons. The Hall–Kier alpha value is -1.28. The van der Waals surface area contributed by atoms with Crippen LogP contribution in [0.2, 0.25) is 0 Å². The smallest absolute Gasteiger partial charge is 0.126 e. The molecule has 0 heterocycles. The number of benzene rings is 1. The highest BCUT2D eigenvalue weighted by Gasteiger charge is 1.98. The van der Waals surface area contributed by atoms with Gasteiger partial charge in [-0.25, -0.2) is 0 Å². The minimum Gasteiger partial charge on any atom is -0.496 e. The molecule has 17 heavy (non-hydrogen) atoms. The Morgan fingerprint density at radius 1 is 1.24 bits per heavy atom. The van der Waals surface area contributed by atoms with Crippen LogP contribution in [0.4, 0.5) is 0 Å². The summed E-state index contributed by atoms with van der Waals surface area (Å²) < 4.78 is 5.31. The molecule has 0 atom stereocenters. The molecule has 0 aliphatic rings. The van der Waals surface area contributed by atoms with Crippen molar-refractivity contribution in [1.82, 2.24) is 0 Å². The number of ether oxygens (including phenoxy) is 1. The van der Waals surface area contributed by atoms with Gasteiger partial charge in [0.15, 0.2) is 0 Å². The Kier molecular flexibility index (Phi) is 6.41. The van der Waals surface area contributed by atoms with E-state index in [0.717, 1.165) is 37.0 Å². The summed E-state index contributed by atoms with van der Waals surface area (Å²) in [6, 6.07) is 6.18. The van der Waals surface area contributed by atoms with Gasteiger partial charge in [0.2, 0.25) is 0 Å². The second kappa shape index (κ2) is 7.91.